The fourth-order valence-electron chi connectivity index (χ4n) is 7.26. The van der Waals surface area contributed by atoms with Crippen LogP contribution in [-0.4, -0.2) is 23.5 Å². The summed E-state index contributed by atoms with van der Waals surface area (Å²) in [5.74, 6) is 7.74. The van der Waals surface area contributed by atoms with Gasteiger partial charge >= 0.3 is 0 Å². The number of fused-ring (bicyclic) bond motifs is 4. The number of hydrogen-bond donors (Lipinski definition) is 2. The summed E-state index contributed by atoms with van der Waals surface area (Å²) < 4.78 is 0. The van der Waals surface area contributed by atoms with E-state index in [2.05, 4.69) is 48.3 Å². The zero-order chi connectivity index (χ0) is 21.8. The quantitative estimate of drug-likeness (QED) is 0.638. The molecule has 31 heavy (non-hydrogen) atoms. The van der Waals surface area contributed by atoms with Crippen molar-refractivity contribution >= 4 is 11.5 Å². The van der Waals surface area contributed by atoms with Crippen molar-refractivity contribution in [2.75, 3.05) is 12.4 Å². The lowest BCUT2D eigenvalue weighted by atomic mass is 9.51. The Hall–Kier alpha value is -2.31. The van der Waals surface area contributed by atoms with Gasteiger partial charge in [0.15, 0.2) is 5.78 Å². The average molecular weight is 416 g/mol. The van der Waals surface area contributed by atoms with Gasteiger partial charge < -0.3 is 10.4 Å². The van der Waals surface area contributed by atoms with Crippen LogP contribution in [0, 0.1) is 29.1 Å². The van der Waals surface area contributed by atoms with Crippen LogP contribution in [-0.2, 0) is 4.79 Å². The lowest BCUT2D eigenvalue weighted by Gasteiger charge is -2.53. The number of allylic oxidation sites excluding steroid dienone is 4. The second kappa shape index (κ2) is 7.38. The number of hydrogen-bond acceptors (Lipinski definition) is 3. The molecular formula is C28H33NO2. The van der Waals surface area contributed by atoms with E-state index in [1.165, 1.54) is 16.7 Å². The first-order chi connectivity index (χ1) is 14.9. The van der Waals surface area contributed by atoms with Crippen molar-refractivity contribution < 1.29 is 9.90 Å². The van der Waals surface area contributed by atoms with Gasteiger partial charge in [0.05, 0.1) is 0 Å². The number of benzene rings is 1. The zero-order valence-corrected chi connectivity index (χ0v) is 18.9. The van der Waals surface area contributed by atoms with E-state index >= 15 is 0 Å². The molecule has 162 valence electrons. The van der Waals surface area contributed by atoms with Crippen molar-refractivity contribution in [1.29, 1.82) is 0 Å². The molecule has 0 aliphatic heterocycles. The molecule has 2 fully saturated rings. The molecule has 5 atom stereocenters. The number of carbonyl (C=O) groups is 1. The van der Waals surface area contributed by atoms with Crippen molar-refractivity contribution in [2.45, 2.75) is 70.3 Å². The summed E-state index contributed by atoms with van der Waals surface area (Å²) in [5.41, 5.74) is 5.61. The van der Waals surface area contributed by atoms with Gasteiger partial charge in [-0.15, -0.1) is 5.92 Å². The highest BCUT2D eigenvalue weighted by Crippen LogP contribution is 2.66. The number of ketones is 1. The van der Waals surface area contributed by atoms with E-state index < -0.39 is 5.60 Å². The third-order valence-corrected chi connectivity index (χ3v) is 8.82. The molecule has 0 spiro atoms. The summed E-state index contributed by atoms with van der Waals surface area (Å²) in [4.78, 5) is 12.1. The van der Waals surface area contributed by atoms with Crippen molar-refractivity contribution in [3.05, 3.63) is 52.6 Å². The molecule has 3 nitrogen and oxygen atoms in total. The van der Waals surface area contributed by atoms with Crippen LogP contribution in [0.2, 0.25) is 0 Å². The lowest BCUT2D eigenvalue weighted by Crippen LogP contribution is -2.51. The van der Waals surface area contributed by atoms with Gasteiger partial charge in [-0.05, 0) is 92.2 Å². The molecule has 1 aromatic carbocycles. The molecule has 0 aromatic heterocycles. The molecular weight excluding hydrogens is 382 g/mol. The van der Waals surface area contributed by atoms with Crippen LogP contribution in [0.5, 0.6) is 0 Å². The molecule has 4 aliphatic rings. The van der Waals surface area contributed by atoms with Gasteiger partial charge in [0.25, 0.3) is 0 Å². The Morgan fingerprint density at radius 2 is 1.90 bits per heavy atom. The fraction of sp³-hybridized carbons (Fsp3) is 0.536. The Kier molecular flexibility index (Phi) is 4.90. The normalized spacial score (nSPS) is 36.6. The molecule has 0 bridgehead atoms. The lowest BCUT2D eigenvalue weighted by molar-refractivity contribution is -0.114. The Bertz CT molecular complexity index is 1040. The van der Waals surface area contributed by atoms with E-state index in [0.717, 1.165) is 44.2 Å². The van der Waals surface area contributed by atoms with E-state index in [0.29, 0.717) is 18.3 Å². The van der Waals surface area contributed by atoms with Crippen molar-refractivity contribution in [3.8, 4) is 11.8 Å². The minimum absolute atomic E-state index is 0.219. The highest BCUT2D eigenvalue weighted by Gasteiger charge is 2.62. The summed E-state index contributed by atoms with van der Waals surface area (Å²) in [6.45, 7) is 4.14. The minimum atomic E-state index is -0.912. The summed E-state index contributed by atoms with van der Waals surface area (Å²) in [6.07, 6.45) is 8.22. The predicted molar refractivity (Wildman–Crippen MR) is 125 cm³/mol. The Balaban J connectivity index is 1.68. The summed E-state index contributed by atoms with van der Waals surface area (Å²) in [6, 6.07) is 8.80. The number of carbonyl (C=O) groups excluding carboxylic acids is 1. The highest BCUT2D eigenvalue weighted by molar-refractivity contribution is 5.93. The smallest absolute Gasteiger partial charge is 0.156 e. The van der Waals surface area contributed by atoms with Crippen molar-refractivity contribution in [2.24, 2.45) is 17.3 Å². The third kappa shape index (κ3) is 3.03. The summed E-state index contributed by atoms with van der Waals surface area (Å²) >= 11 is 0. The molecule has 1 aromatic rings. The van der Waals surface area contributed by atoms with E-state index in [4.69, 9.17) is 0 Å². The van der Waals surface area contributed by atoms with Crippen molar-refractivity contribution in [1.82, 2.24) is 0 Å². The van der Waals surface area contributed by atoms with Crippen molar-refractivity contribution in [3.63, 3.8) is 0 Å². The second-order valence-corrected chi connectivity index (χ2v) is 10.1. The molecule has 5 rings (SSSR count). The number of rotatable bonds is 2. The summed E-state index contributed by atoms with van der Waals surface area (Å²) in [7, 11) is 1.95. The average Bonchev–Trinajstić information content (AvgIpc) is 3.03. The third-order valence-electron chi connectivity index (χ3n) is 8.82. The van der Waals surface area contributed by atoms with E-state index in [-0.39, 0.29) is 17.1 Å². The molecule has 1 unspecified atom stereocenters. The van der Waals surface area contributed by atoms with Crippen LogP contribution in [0.15, 0.2) is 47.1 Å². The van der Waals surface area contributed by atoms with E-state index in [1.54, 1.807) is 5.57 Å². The van der Waals surface area contributed by atoms with E-state index in [9.17, 15) is 9.90 Å². The van der Waals surface area contributed by atoms with Gasteiger partial charge in [0.2, 0.25) is 0 Å². The van der Waals surface area contributed by atoms with E-state index in [1.807, 2.05) is 20.0 Å². The molecule has 0 radical (unpaired) electrons. The highest BCUT2D eigenvalue weighted by atomic mass is 16.3. The topological polar surface area (TPSA) is 49.3 Å². The first-order valence-corrected chi connectivity index (χ1v) is 11.8. The molecule has 2 N–H and O–H groups in total. The monoisotopic (exact) mass is 415 g/mol. The van der Waals surface area contributed by atoms with Crippen LogP contribution in [0.3, 0.4) is 0 Å². The Morgan fingerprint density at radius 1 is 1.13 bits per heavy atom. The number of aliphatic hydroxyl groups is 1. The van der Waals surface area contributed by atoms with Gasteiger partial charge in [-0.25, -0.2) is 0 Å². The second-order valence-electron chi connectivity index (χ2n) is 10.1. The van der Waals surface area contributed by atoms with Gasteiger partial charge in [0.1, 0.15) is 5.60 Å². The molecule has 2 saturated carbocycles. The first-order valence-electron chi connectivity index (χ1n) is 11.8. The molecule has 0 saturated heterocycles. The first kappa shape index (κ1) is 20.6. The molecule has 0 amide bonds. The Morgan fingerprint density at radius 3 is 2.61 bits per heavy atom. The maximum atomic E-state index is 12.1. The molecule has 4 aliphatic carbocycles. The predicted octanol–water partition coefficient (Wildman–Crippen LogP) is 5.38. The zero-order valence-electron chi connectivity index (χ0n) is 18.9. The van der Waals surface area contributed by atoms with Gasteiger partial charge in [0, 0.05) is 30.5 Å². The SMILES string of the molecule is CC#CC1(O)CC[C@H]2[C@@H]3CCC4=CC(=O)CCC4=C3[C@@H](c3ccc(NC)cc3)C[C@@]21C. The number of nitrogens with one attached hydrogen (secondary N) is 1. The number of anilines is 1. The van der Waals surface area contributed by atoms with Crippen LogP contribution in [0.1, 0.15) is 70.3 Å². The largest absolute Gasteiger partial charge is 0.388 e. The fourth-order valence-corrected chi connectivity index (χ4v) is 7.26. The maximum absolute atomic E-state index is 12.1. The van der Waals surface area contributed by atoms with Gasteiger partial charge in [-0.3, -0.25) is 4.79 Å². The van der Waals surface area contributed by atoms with Crippen LogP contribution >= 0.6 is 0 Å². The Labute approximate surface area is 186 Å². The molecule has 0 heterocycles. The van der Waals surface area contributed by atoms with Gasteiger partial charge in [-0.1, -0.05) is 30.6 Å². The van der Waals surface area contributed by atoms with Crippen LogP contribution in [0.25, 0.3) is 0 Å². The van der Waals surface area contributed by atoms with Crippen LogP contribution < -0.4 is 5.32 Å². The molecule has 3 heteroatoms. The maximum Gasteiger partial charge on any atom is 0.156 e. The standard InChI is InChI=1S/C28H33NO2/c1-4-14-28(31)15-13-25-23-11-7-19-16-21(30)10-12-22(19)26(23)24(17-27(25,28)2)18-5-8-20(29-3)9-6-18/h5-6,8-9,16,23-25,29,31H,7,10-13,15,17H2,1-3H3/t23-,24+,25-,27-,28?/m0/s1. The van der Waals surface area contributed by atoms with Crippen LogP contribution in [0.4, 0.5) is 5.69 Å². The summed E-state index contributed by atoms with van der Waals surface area (Å²) in [5, 5.41) is 14.9. The van der Waals surface area contributed by atoms with Gasteiger partial charge in [-0.2, -0.15) is 0 Å². The minimum Gasteiger partial charge on any atom is -0.388 e.